The Morgan fingerprint density at radius 1 is 0.750 bits per heavy atom. The third-order valence-electron chi connectivity index (χ3n) is 5.16. The Hall–Kier alpha value is -1.06. The summed E-state index contributed by atoms with van der Waals surface area (Å²) in [6.45, 7) is 1.64. The van der Waals surface area contributed by atoms with Gasteiger partial charge >= 0.3 is 11.9 Å². The molecule has 0 saturated heterocycles. The van der Waals surface area contributed by atoms with Crippen LogP contribution in [0.4, 0.5) is 0 Å². The quantitative estimate of drug-likeness (QED) is 0.143. The van der Waals surface area contributed by atoms with Gasteiger partial charge in [0, 0.05) is 30.8 Å². The molecule has 0 aliphatic rings. The first-order valence-corrected chi connectivity index (χ1v) is 13.9. The topological polar surface area (TPSA) is 98.8 Å². The van der Waals surface area contributed by atoms with Gasteiger partial charge in [0.1, 0.15) is 17.6 Å². The van der Waals surface area contributed by atoms with Gasteiger partial charge in [-0.05, 0) is 26.8 Å². The number of carbonyl (C=O) groups excluding carboxylic acids is 4. The van der Waals surface area contributed by atoms with Crippen molar-refractivity contribution in [3.8, 4) is 0 Å². The number of esters is 2. The number of methoxy groups -OCH3 is 2. The van der Waals surface area contributed by atoms with Crippen LogP contribution in [-0.4, -0.2) is 62.3 Å². The number of likely N-dealkylation sites (N-methyl/N-ethyl adjacent to an activating group) is 1. The largest absolute Gasteiger partial charge is 0.469 e. The summed E-state index contributed by atoms with van der Waals surface area (Å²) in [5.74, 6) is 0.172. The van der Waals surface area contributed by atoms with Gasteiger partial charge in [0.2, 0.25) is 0 Å². The molecule has 0 aliphatic carbocycles. The lowest BCUT2D eigenvalue weighted by molar-refractivity contribution is -0.146. The van der Waals surface area contributed by atoms with E-state index < -0.39 is 12.0 Å². The van der Waals surface area contributed by atoms with Crippen molar-refractivity contribution < 1.29 is 28.7 Å². The van der Waals surface area contributed by atoms with Crippen molar-refractivity contribution in [2.45, 2.75) is 83.6 Å². The number of ether oxygens (including phenoxy) is 2. The number of nitrogens with one attached hydrogen (secondary N) is 1. The Morgan fingerprint density at radius 2 is 1.25 bits per heavy atom. The molecule has 0 fully saturated rings. The van der Waals surface area contributed by atoms with Crippen molar-refractivity contribution >= 4 is 45.1 Å². The van der Waals surface area contributed by atoms with Crippen LogP contribution in [0.25, 0.3) is 0 Å². The van der Waals surface area contributed by atoms with Gasteiger partial charge in [-0.3, -0.25) is 14.4 Å². The monoisotopic (exact) mass is 491 g/mol. The molecule has 0 aromatic heterocycles. The number of rotatable bonds is 21. The Morgan fingerprint density at radius 3 is 1.75 bits per heavy atom. The summed E-state index contributed by atoms with van der Waals surface area (Å²) in [7, 11) is 7.31. The molecule has 0 bridgehead atoms. The van der Waals surface area contributed by atoms with E-state index in [9.17, 15) is 19.2 Å². The van der Waals surface area contributed by atoms with Crippen LogP contribution in [-0.2, 0) is 28.7 Å². The van der Waals surface area contributed by atoms with Crippen LogP contribution in [0.1, 0.15) is 77.6 Å². The smallest absolute Gasteiger partial charge is 0.323 e. The van der Waals surface area contributed by atoms with Crippen molar-refractivity contribution in [2.24, 2.45) is 5.92 Å². The molecule has 0 radical (unpaired) electrons. The number of Topliss-reactive ketones (excluding diaryl/α,β-unsaturated/α-hetero) is 2. The third kappa shape index (κ3) is 16.6. The van der Waals surface area contributed by atoms with Crippen LogP contribution in [0.15, 0.2) is 0 Å². The standard InChI is InChI=1S/C23H41NO6S2/c1-18(25)13-11-9-7-5-6-8-10-12-14-20(26)15-19(22(27)29-3)16-31-32-17-21(24-2)23(28)30-4/h19,21,24H,5-17H2,1-4H3. The van der Waals surface area contributed by atoms with Crippen molar-refractivity contribution in [3.05, 3.63) is 0 Å². The maximum absolute atomic E-state index is 12.3. The number of ketones is 2. The van der Waals surface area contributed by atoms with Crippen molar-refractivity contribution in [1.29, 1.82) is 0 Å². The molecule has 0 aromatic carbocycles. The van der Waals surface area contributed by atoms with E-state index in [1.165, 1.54) is 42.2 Å². The third-order valence-corrected chi connectivity index (χ3v) is 7.66. The molecule has 9 heteroatoms. The minimum absolute atomic E-state index is 0.0953. The van der Waals surface area contributed by atoms with E-state index in [1.807, 2.05) is 0 Å². The molecule has 0 aromatic rings. The lowest BCUT2D eigenvalue weighted by atomic mass is 10.00. The fourth-order valence-corrected chi connectivity index (χ4v) is 5.70. The Kier molecular flexibility index (Phi) is 19.9. The summed E-state index contributed by atoms with van der Waals surface area (Å²) in [4.78, 5) is 46.8. The maximum atomic E-state index is 12.3. The summed E-state index contributed by atoms with van der Waals surface area (Å²) >= 11 is 0. The zero-order valence-electron chi connectivity index (χ0n) is 20.1. The van der Waals surface area contributed by atoms with Crippen LogP contribution >= 0.6 is 21.6 Å². The highest BCUT2D eigenvalue weighted by atomic mass is 33.1. The molecule has 32 heavy (non-hydrogen) atoms. The molecule has 2 atom stereocenters. The number of hydrogen-bond acceptors (Lipinski definition) is 9. The van der Waals surface area contributed by atoms with E-state index in [2.05, 4.69) is 5.32 Å². The molecule has 0 amide bonds. The molecular weight excluding hydrogens is 450 g/mol. The Balaban J connectivity index is 4.00. The molecule has 186 valence electrons. The predicted octanol–water partition coefficient (Wildman–Crippen LogP) is 4.37. The highest BCUT2D eigenvalue weighted by Crippen LogP contribution is 2.27. The van der Waals surface area contributed by atoms with Crippen LogP contribution in [0.5, 0.6) is 0 Å². The van der Waals surface area contributed by atoms with Gasteiger partial charge in [0.15, 0.2) is 0 Å². The SMILES string of the molecule is CNC(CSSCC(CC(=O)CCCCCCCCCCC(C)=O)C(=O)OC)C(=O)OC. The van der Waals surface area contributed by atoms with Crippen molar-refractivity contribution in [3.63, 3.8) is 0 Å². The van der Waals surface area contributed by atoms with Gasteiger partial charge in [-0.2, -0.15) is 0 Å². The summed E-state index contributed by atoms with van der Waals surface area (Å²) in [6.07, 6.45) is 9.96. The van der Waals surface area contributed by atoms with E-state index in [4.69, 9.17) is 9.47 Å². The average molecular weight is 492 g/mol. The number of hydrogen-bond donors (Lipinski definition) is 1. The van der Waals surface area contributed by atoms with Crippen molar-refractivity contribution in [2.75, 3.05) is 32.8 Å². The van der Waals surface area contributed by atoms with Crippen molar-refractivity contribution in [1.82, 2.24) is 5.32 Å². The number of carbonyl (C=O) groups is 4. The summed E-state index contributed by atoms with van der Waals surface area (Å²) in [6, 6.07) is -0.406. The minimum Gasteiger partial charge on any atom is -0.469 e. The first-order chi connectivity index (χ1) is 15.3. The van der Waals surface area contributed by atoms with Gasteiger partial charge in [-0.25, -0.2) is 0 Å². The maximum Gasteiger partial charge on any atom is 0.323 e. The second-order valence-corrected chi connectivity index (χ2v) is 10.5. The second-order valence-electron chi connectivity index (χ2n) is 7.93. The highest BCUT2D eigenvalue weighted by Gasteiger charge is 2.23. The van der Waals surface area contributed by atoms with Crippen LogP contribution < -0.4 is 5.32 Å². The van der Waals surface area contributed by atoms with Gasteiger partial charge in [-0.15, -0.1) is 0 Å². The zero-order chi connectivity index (χ0) is 24.2. The summed E-state index contributed by atoms with van der Waals surface area (Å²) in [5.41, 5.74) is 0. The first kappa shape index (κ1) is 30.9. The average Bonchev–Trinajstić information content (AvgIpc) is 2.78. The molecule has 0 rings (SSSR count). The molecule has 0 heterocycles. The van der Waals surface area contributed by atoms with Gasteiger partial charge < -0.3 is 19.6 Å². The Bertz CT molecular complexity index is 559. The lowest BCUT2D eigenvalue weighted by Gasteiger charge is -2.15. The predicted molar refractivity (Wildman–Crippen MR) is 132 cm³/mol. The van der Waals surface area contributed by atoms with E-state index in [0.717, 1.165) is 44.9 Å². The second kappa shape index (κ2) is 20.5. The lowest BCUT2D eigenvalue weighted by Crippen LogP contribution is -2.37. The van der Waals surface area contributed by atoms with Gasteiger partial charge in [-0.1, -0.05) is 60.1 Å². The molecule has 0 spiro atoms. The van der Waals surface area contributed by atoms with E-state index in [1.54, 1.807) is 14.0 Å². The van der Waals surface area contributed by atoms with E-state index in [-0.39, 0.29) is 29.9 Å². The number of unbranched alkanes of at least 4 members (excludes halogenated alkanes) is 7. The normalized spacial score (nSPS) is 12.8. The van der Waals surface area contributed by atoms with Gasteiger partial charge in [0.25, 0.3) is 0 Å². The molecule has 2 unspecified atom stereocenters. The van der Waals surface area contributed by atoms with E-state index >= 15 is 0 Å². The highest BCUT2D eigenvalue weighted by molar-refractivity contribution is 8.76. The first-order valence-electron chi connectivity index (χ1n) is 11.4. The molecular formula is C23H41NO6S2. The fourth-order valence-electron chi connectivity index (χ4n) is 3.17. The van der Waals surface area contributed by atoms with E-state index in [0.29, 0.717) is 24.3 Å². The molecule has 0 aliphatic heterocycles. The van der Waals surface area contributed by atoms with Crippen LogP contribution in [0.2, 0.25) is 0 Å². The fraction of sp³-hybridized carbons (Fsp3) is 0.826. The summed E-state index contributed by atoms with van der Waals surface area (Å²) < 4.78 is 9.59. The summed E-state index contributed by atoms with van der Waals surface area (Å²) in [5, 5.41) is 2.89. The molecule has 7 nitrogen and oxygen atoms in total. The molecule has 0 saturated carbocycles. The van der Waals surface area contributed by atoms with Crippen LogP contribution in [0.3, 0.4) is 0 Å². The Labute approximate surface area is 201 Å². The molecule has 1 N–H and O–H groups in total. The minimum atomic E-state index is -0.467. The zero-order valence-corrected chi connectivity index (χ0v) is 21.7. The van der Waals surface area contributed by atoms with Gasteiger partial charge in [0.05, 0.1) is 20.1 Å². The van der Waals surface area contributed by atoms with Crippen LogP contribution in [0, 0.1) is 5.92 Å².